The number of benzene rings is 1. The minimum Gasteiger partial charge on any atom is -0.495 e. The van der Waals surface area contributed by atoms with E-state index in [9.17, 15) is 0 Å². The Labute approximate surface area is 167 Å². The average molecular weight is 379 g/mol. The Hall–Kier alpha value is -2.27. The van der Waals surface area contributed by atoms with E-state index >= 15 is 0 Å². The molecule has 1 saturated heterocycles. The summed E-state index contributed by atoms with van der Waals surface area (Å²) in [6.45, 7) is 5.86. The fraction of sp³-hybridized carbons (Fsp3) is 0.522. The van der Waals surface area contributed by atoms with Crippen LogP contribution in [0, 0.1) is 0 Å². The molecule has 0 amide bonds. The summed E-state index contributed by atoms with van der Waals surface area (Å²) in [4.78, 5) is 12.0. The predicted octanol–water partition coefficient (Wildman–Crippen LogP) is 3.15. The maximum absolute atomic E-state index is 5.45. The first kappa shape index (κ1) is 17.8. The number of likely N-dealkylation sites (N-methyl/N-ethyl adjacent to an activating group) is 1. The lowest BCUT2D eigenvalue weighted by Gasteiger charge is -2.41. The summed E-state index contributed by atoms with van der Waals surface area (Å²) >= 11 is 0. The third-order valence-corrected chi connectivity index (χ3v) is 6.89. The highest BCUT2D eigenvalue weighted by molar-refractivity contribution is 5.80. The molecule has 3 aliphatic heterocycles. The Morgan fingerprint density at radius 3 is 3.00 bits per heavy atom. The van der Waals surface area contributed by atoms with Crippen molar-refractivity contribution in [3.05, 3.63) is 47.8 Å². The Kier molecular flexibility index (Phi) is 4.63. The van der Waals surface area contributed by atoms with Gasteiger partial charge in [0.1, 0.15) is 5.75 Å². The van der Waals surface area contributed by atoms with Crippen molar-refractivity contribution in [2.75, 3.05) is 56.7 Å². The van der Waals surface area contributed by atoms with Gasteiger partial charge in [0.05, 0.1) is 24.7 Å². The van der Waals surface area contributed by atoms with Gasteiger partial charge in [-0.05, 0) is 49.1 Å². The van der Waals surface area contributed by atoms with Crippen molar-refractivity contribution in [3.63, 3.8) is 0 Å². The molecule has 0 N–H and O–H groups in total. The number of rotatable bonds is 5. The van der Waals surface area contributed by atoms with Gasteiger partial charge in [-0.25, -0.2) is 0 Å². The molecule has 1 fully saturated rings. The van der Waals surface area contributed by atoms with Crippen LogP contribution in [0.25, 0.3) is 0 Å². The van der Waals surface area contributed by atoms with Gasteiger partial charge in [-0.3, -0.25) is 4.98 Å². The number of methoxy groups -OCH3 is 1. The van der Waals surface area contributed by atoms with Gasteiger partial charge in [-0.15, -0.1) is 0 Å². The molecule has 5 nitrogen and oxygen atoms in total. The van der Waals surface area contributed by atoms with Gasteiger partial charge in [0.25, 0.3) is 0 Å². The van der Waals surface area contributed by atoms with Crippen molar-refractivity contribution < 1.29 is 4.74 Å². The van der Waals surface area contributed by atoms with Crippen LogP contribution in [0.5, 0.6) is 5.75 Å². The van der Waals surface area contributed by atoms with E-state index in [0.717, 1.165) is 31.7 Å². The number of hydrogen-bond donors (Lipinski definition) is 0. The van der Waals surface area contributed by atoms with Crippen LogP contribution in [0.4, 0.5) is 11.4 Å². The molecule has 5 heteroatoms. The molecule has 28 heavy (non-hydrogen) atoms. The van der Waals surface area contributed by atoms with Crippen LogP contribution >= 0.6 is 0 Å². The maximum Gasteiger partial charge on any atom is 0.140 e. The molecule has 1 aromatic heterocycles. The number of para-hydroxylation sites is 1. The lowest BCUT2D eigenvalue weighted by Crippen LogP contribution is -2.49. The van der Waals surface area contributed by atoms with Crippen LogP contribution in [0.15, 0.2) is 36.7 Å². The fourth-order valence-corrected chi connectivity index (χ4v) is 5.47. The normalized spacial score (nSPS) is 23.5. The molecule has 2 aromatic rings. The van der Waals surface area contributed by atoms with E-state index in [1.807, 2.05) is 12.4 Å². The predicted molar refractivity (Wildman–Crippen MR) is 114 cm³/mol. The van der Waals surface area contributed by atoms with E-state index in [4.69, 9.17) is 4.74 Å². The Balaban J connectivity index is 1.26. The summed E-state index contributed by atoms with van der Waals surface area (Å²) < 4.78 is 5.45. The van der Waals surface area contributed by atoms with E-state index in [1.165, 1.54) is 43.0 Å². The minimum absolute atomic E-state index is 0.658. The van der Waals surface area contributed by atoms with E-state index in [2.05, 4.69) is 51.0 Å². The highest BCUT2D eigenvalue weighted by Gasteiger charge is 2.44. The van der Waals surface area contributed by atoms with Gasteiger partial charge in [-0.1, -0.05) is 12.1 Å². The second kappa shape index (κ2) is 7.28. The average Bonchev–Trinajstić information content (AvgIpc) is 3.05. The molecular formula is C23H30N4O. The van der Waals surface area contributed by atoms with Crippen molar-refractivity contribution in [1.82, 2.24) is 9.88 Å². The minimum atomic E-state index is 0.658. The van der Waals surface area contributed by atoms with Crippen molar-refractivity contribution in [3.8, 4) is 5.75 Å². The first-order valence-electron chi connectivity index (χ1n) is 10.6. The summed E-state index contributed by atoms with van der Waals surface area (Å²) in [5, 5.41) is 0. The molecule has 4 heterocycles. The second-order valence-electron chi connectivity index (χ2n) is 8.38. The molecule has 0 aliphatic carbocycles. The number of fused-ring (bicyclic) bond motifs is 3. The first-order valence-corrected chi connectivity index (χ1v) is 10.6. The standard InChI is InChI=1S/C23H30N4O/c1-25-13-14-27-20-9-12-26(11-4-5-17-8-10-24-15-22(17)28-2)16-19(20)18-6-3-7-21(25)23(18)27/h3,6-8,10,15,19-20H,4-5,9,11-14,16H2,1-2H3/t19-,20-/m0/s1. The van der Waals surface area contributed by atoms with Crippen molar-refractivity contribution >= 4 is 11.4 Å². The molecule has 1 aromatic carbocycles. The van der Waals surface area contributed by atoms with E-state index in [-0.39, 0.29) is 0 Å². The number of hydrogen-bond acceptors (Lipinski definition) is 5. The van der Waals surface area contributed by atoms with E-state index in [0.29, 0.717) is 12.0 Å². The molecule has 0 saturated carbocycles. The lowest BCUT2D eigenvalue weighted by molar-refractivity contribution is 0.191. The number of ether oxygens (including phenoxy) is 1. The van der Waals surface area contributed by atoms with E-state index < -0.39 is 0 Å². The Morgan fingerprint density at radius 1 is 1.18 bits per heavy atom. The molecule has 0 bridgehead atoms. The van der Waals surface area contributed by atoms with Gasteiger partial charge in [0.2, 0.25) is 0 Å². The summed E-state index contributed by atoms with van der Waals surface area (Å²) in [5.74, 6) is 1.57. The van der Waals surface area contributed by atoms with Crippen LogP contribution in [-0.2, 0) is 6.42 Å². The molecule has 5 rings (SSSR count). The summed E-state index contributed by atoms with van der Waals surface area (Å²) in [6.07, 6.45) is 7.18. The lowest BCUT2D eigenvalue weighted by atomic mass is 9.89. The molecular weight excluding hydrogens is 348 g/mol. The van der Waals surface area contributed by atoms with Crippen molar-refractivity contribution in [1.29, 1.82) is 0 Å². The zero-order valence-corrected chi connectivity index (χ0v) is 17.0. The van der Waals surface area contributed by atoms with Crippen LogP contribution in [0.1, 0.15) is 29.9 Å². The van der Waals surface area contributed by atoms with Crippen molar-refractivity contribution in [2.45, 2.75) is 31.2 Å². The molecule has 0 unspecified atom stereocenters. The highest BCUT2D eigenvalue weighted by atomic mass is 16.5. The van der Waals surface area contributed by atoms with Gasteiger partial charge in [-0.2, -0.15) is 0 Å². The SMILES string of the molecule is COc1cnccc1CCCN1CC[C@H]2[C@@H](C1)c1cccc3c1N2CCN3C. The summed E-state index contributed by atoms with van der Waals surface area (Å²) in [7, 11) is 3.96. The summed E-state index contributed by atoms with van der Waals surface area (Å²) in [6, 6.07) is 9.71. The summed E-state index contributed by atoms with van der Waals surface area (Å²) in [5.41, 5.74) is 5.79. The zero-order chi connectivity index (χ0) is 19.1. The first-order chi connectivity index (χ1) is 13.8. The number of aryl methyl sites for hydroxylation is 1. The van der Waals surface area contributed by atoms with Crippen LogP contribution in [0.3, 0.4) is 0 Å². The largest absolute Gasteiger partial charge is 0.495 e. The second-order valence-corrected chi connectivity index (χ2v) is 8.38. The third kappa shape index (κ3) is 2.93. The van der Waals surface area contributed by atoms with Gasteiger partial charge < -0.3 is 19.4 Å². The Morgan fingerprint density at radius 2 is 2.11 bits per heavy atom. The van der Waals surface area contributed by atoms with E-state index in [1.54, 1.807) is 12.7 Å². The van der Waals surface area contributed by atoms with Crippen LogP contribution < -0.4 is 14.5 Å². The monoisotopic (exact) mass is 378 g/mol. The number of nitrogens with zero attached hydrogens (tertiary/aromatic N) is 4. The maximum atomic E-state index is 5.45. The molecule has 2 atom stereocenters. The topological polar surface area (TPSA) is 31.8 Å². The molecule has 3 aliphatic rings. The Bertz CT molecular complexity index is 854. The van der Waals surface area contributed by atoms with Crippen LogP contribution in [0.2, 0.25) is 0 Å². The third-order valence-electron chi connectivity index (χ3n) is 6.89. The number of piperidine rings is 1. The fourth-order valence-electron chi connectivity index (χ4n) is 5.47. The van der Waals surface area contributed by atoms with Crippen LogP contribution in [-0.4, -0.2) is 62.8 Å². The van der Waals surface area contributed by atoms with Gasteiger partial charge >= 0.3 is 0 Å². The number of anilines is 2. The van der Waals surface area contributed by atoms with Crippen molar-refractivity contribution in [2.24, 2.45) is 0 Å². The number of pyridine rings is 1. The molecule has 0 radical (unpaired) electrons. The smallest absolute Gasteiger partial charge is 0.140 e. The molecule has 148 valence electrons. The quantitative estimate of drug-likeness (QED) is 0.798. The molecule has 0 spiro atoms. The zero-order valence-electron chi connectivity index (χ0n) is 17.0. The number of aromatic nitrogens is 1. The number of likely N-dealkylation sites (tertiary alicyclic amines) is 1. The highest BCUT2D eigenvalue weighted by Crippen LogP contribution is 2.50. The van der Waals surface area contributed by atoms with Gasteiger partial charge in [0, 0.05) is 51.4 Å². The van der Waals surface area contributed by atoms with Gasteiger partial charge in [0.15, 0.2) is 0 Å².